The zero-order valence-electron chi connectivity index (χ0n) is 12.9. The number of hydrogen-bond donors (Lipinski definition) is 2. The van der Waals surface area contributed by atoms with Crippen LogP contribution in [0.3, 0.4) is 0 Å². The van der Waals surface area contributed by atoms with E-state index >= 15 is 0 Å². The van der Waals surface area contributed by atoms with E-state index in [4.69, 9.17) is 11.6 Å². The summed E-state index contributed by atoms with van der Waals surface area (Å²) in [5, 5.41) is 2.43. The summed E-state index contributed by atoms with van der Waals surface area (Å²) in [6.45, 7) is 0.0390. The highest BCUT2D eigenvalue weighted by molar-refractivity contribution is 7.89. The molecule has 134 valence electrons. The molecule has 0 heterocycles. The molecule has 0 spiro atoms. The van der Waals surface area contributed by atoms with Crippen molar-refractivity contribution >= 4 is 33.2 Å². The minimum atomic E-state index is -3.75. The van der Waals surface area contributed by atoms with E-state index in [1.165, 1.54) is 12.1 Å². The quantitative estimate of drug-likeness (QED) is 0.714. The SMILES string of the molecule is O=C(CCCNS(=O)(=O)c1ccc(F)cc1)Nc1ccc(F)c(Cl)c1. The molecule has 0 aromatic heterocycles. The van der Waals surface area contributed by atoms with Crippen LogP contribution in [0.1, 0.15) is 12.8 Å². The molecule has 9 heteroatoms. The predicted octanol–water partition coefficient (Wildman–Crippen LogP) is 3.32. The van der Waals surface area contributed by atoms with Crippen LogP contribution in [-0.4, -0.2) is 20.9 Å². The standard InChI is InChI=1S/C16H15ClF2N2O3S/c17-14-10-12(5-8-15(14)19)21-16(22)2-1-9-20-25(23,24)13-6-3-11(18)4-7-13/h3-8,10,20H,1-2,9H2,(H,21,22). The molecule has 5 nitrogen and oxygen atoms in total. The molecule has 2 aromatic carbocycles. The number of amides is 1. The van der Waals surface area contributed by atoms with Crippen molar-refractivity contribution in [2.24, 2.45) is 0 Å². The molecular weight excluding hydrogens is 374 g/mol. The van der Waals surface area contributed by atoms with Gasteiger partial charge in [-0.2, -0.15) is 0 Å². The van der Waals surface area contributed by atoms with Crippen LogP contribution >= 0.6 is 11.6 Å². The van der Waals surface area contributed by atoms with Crippen molar-refractivity contribution in [3.05, 3.63) is 59.1 Å². The molecule has 2 rings (SSSR count). The Hall–Kier alpha value is -2.03. The monoisotopic (exact) mass is 388 g/mol. The Morgan fingerprint density at radius 2 is 1.76 bits per heavy atom. The van der Waals surface area contributed by atoms with Gasteiger partial charge in [-0.1, -0.05) is 11.6 Å². The Morgan fingerprint density at radius 1 is 1.08 bits per heavy atom. The Kier molecular flexibility index (Phi) is 6.46. The Labute approximate surface area is 149 Å². The number of carbonyl (C=O) groups excluding carboxylic acids is 1. The third kappa shape index (κ3) is 5.77. The fourth-order valence-corrected chi connectivity index (χ4v) is 3.20. The Morgan fingerprint density at radius 3 is 2.40 bits per heavy atom. The first-order valence-electron chi connectivity index (χ1n) is 7.28. The average Bonchev–Trinajstić information content (AvgIpc) is 2.55. The van der Waals surface area contributed by atoms with Gasteiger partial charge in [-0.05, 0) is 48.9 Å². The van der Waals surface area contributed by atoms with Crippen molar-refractivity contribution in [1.29, 1.82) is 0 Å². The van der Waals surface area contributed by atoms with Gasteiger partial charge in [0, 0.05) is 18.7 Å². The van der Waals surface area contributed by atoms with Crippen molar-refractivity contribution in [3.63, 3.8) is 0 Å². The maximum Gasteiger partial charge on any atom is 0.240 e. The van der Waals surface area contributed by atoms with Crippen molar-refractivity contribution < 1.29 is 22.0 Å². The van der Waals surface area contributed by atoms with Crippen LogP contribution in [0.4, 0.5) is 14.5 Å². The van der Waals surface area contributed by atoms with Crippen molar-refractivity contribution in [2.45, 2.75) is 17.7 Å². The normalized spacial score (nSPS) is 11.3. The van der Waals surface area contributed by atoms with E-state index in [1.54, 1.807) is 0 Å². The summed E-state index contributed by atoms with van der Waals surface area (Å²) < 4.78 is 52.1. The fraction of sp³-hybridized carbons (Fsp3) is 0.188. The van der Waals surface area contributed by atoms with Crippen LogP contribution in [-0.2, 0) is 14.8 Å². The Balaban J connectivity index is 1.79. The number of halogens is 3. The molecular formula is C16H15ClF2N2O3S. The molecule has 1 amide bonds. The molecule has 0 unspecified atom stereocenters. The second-order valence-corrected chi connectivity index (χ2v) is 7.31. The van der Waals surface area contributed by atoms with E-state index in [0.717, 1.165) is 30.3 Å². The van der Waals surface area contributed by atoms with Gasteiger partial charge >= 0.3 is 0 Å². The van der Waals surface area contributed by atoms with E-state index in [1.807, 2.05) is 0 Å². The molecule has 0 atom stereocenters. The van der Waals surface area contributed by atoms with Gasteiger partial charge in [0.1, 0.15) is 11.6 Å². The molecule has 0 fully saturated rings. The predicted molar refractivity (Wildman–Crippen MR) is 90.9 cm³/mol. The van der Waals surface area contributed by atoms with Crippen LogP contribution < -0.4 is 10.0 Å². The van der Waals surface area contributed by atoms with Crippen LogP contribution in [0.5, 0.6) is 0 Å². The zero-order valence-corrected chi connectivity index (χ0v) is 14.5. The van der Waals surface area contributed by atoms with Crippen LogP contribution in [0.15, 0.2) is 47.4 Å². The minimum absolute atomic E-state index is 0.0390. The summed E-state index contributed by atoms with van der Waals surface area (Å²) in [4.78, 5) is 11.7. The summed E-state index contributed by atoms with van der Waals surface area (Å²) in [5.74, 6) is -1.48. The first-order valence-corrected chi connectivity index (χ1v) is 9.14. The van der Waals surface area contributed by atoms with Crippen molar-refractivity contribution in [3.8, 4) is 0 Å². The molecule has 0 aliphatic heterocycles. The van der Waals surface area contributed by atoms with Crippen molar-refractivity contribution in [2.75, 3.05) is 11.9 Å². The molecule has 2 aromatic rings. The number of sulfonamides is 1. The molecule has 0 saturated heterocycles. The van der Waals surface area contributed by atoms with Crippen molar-refractivity contribution in [1.82, 2.24) is 4.72 Å². The third-order valence-electron chi connectivity index (χ3n) is 3.20. The van der Waals surface area contributed by atoms with E-state index in [0.29, 0.717) is 5.69 Å². The van der Waals surface area contributed by atoms with E-state index in [-0.39, 0.29) is 35.2 Å². The lowest BCUT2D eigenvalue weighted by molar-refractivity contribution is -0.116. The summed E-state index contributed by atoms with van der Waals surface area (Å²) in [6, 6.07) is 8.20. The van der Waals surface area contributed by atoms with Gasteiger partial charge in [0.25, 0.3) is 0 Å². The lowest BCUT2D eigenvalue weighted by atomic mass is 10.2. The van der Waals surface area contributed by atoms with E-state index in [2.05, 4.69) is 10.0 Å². The third-order valence-corrected chi connectivity index (χ3v) is 4.97. The molecule has 0 bridgehead atoms. The maximum absolute atomic E-state index is 13.0. The topological polar surface area (TPSA) is 75.3 Å². The van der Waals surface area contributed by atoms with Gasteiger partial charge in [0.2, 0.25) is 15.9 Å². The average molecular weight is 389 g/mol. The maximum atomic E-state index is 13.0. The van der Waals surface area contributed by atoms with Crippen LogP contribution in [0.25, 0.3) is 0 Å². The highest BCUT2D eigenvalue weighted by atomic mass is 35.5. The molecule has 25 heavy (non-hydrogen) atoms. The summed E-state index contributed by atoms with van der Waals surface area (Å²) >= 11 is 5.62. The van der Waals surface area contributed by atoms with Gasteiger partial charge < -0.3 is 5.32 Å². The summed E-state index contributed by atoms with van der Waals surface area (Å²) in [6.07, 6.45) is 0.308. The molecule has 0 aliphatic carbocycles. The number of carbonyl (C=O) groups is 1. The van der Waals surface area contributed by atoms with Crippen LogP contribution in [0, 0.1) is 11.6 Å². The second-order valence-electron chi connectivity index (χ2n) is 5.13. The number of rotatable bonds is 7. The summed E-state index contributed by atoms with van der Waals surface area (Å²) in [5.41, 5.74) is 0.350. The van der Waals surface area contributed by atoms with Gasteiger partial charge in [-0.15, -0.1) is 0 Å². The zero-order chi connectivity index (χ0) is 18.4. The number of hydrogen-bond acceptors (Lipinski definition) is 3. The number of anilines is 1. The lowest BCUT2D eigenvalue weighted by Gasteiger charge is -2.08. The minimum Gasteiger partial charge on any atom is -0.326 e. The van der Waals surface area contributed by atoms with E-state index in [9.17, 15) is 22.0 Å². The molecule has 0 radical (unpaired) electrons. The Bertz CT molecular complexity index is 858. The van der Waals surface area contributed by atoms with Gasteiger partial charge in [-0.3, -0.25) is 4.79 Å². The summed E-state index contributed by atoms with van der Waals surface area (Å²) in [7, 11) is -3.75. The highest BCUT2D eigenvalue weighted by Gasteiger charge is 2.13. The number of benzene rings is 2. The van der Waals surface area contributed by atoms with Crippen LogP contribution in [0.2, 0.25) is 5.02 Å². The van der Waals surface area contributed by atoms with Gasteiger partial charge in [-0.25, -0.2) is 21.9 Å². The lowest BCUT2D eigenvalue weighted by Crippen LogP contribution is -2.25. The smallest absolute Gasteiger partial charge is 0.240 e. The number of nitrogens with one attached hydrogen (secondary N) is 2. The van der Waals surface area contributed by atoms with Gasteiger partial charge in [0.15, 0.2) is 0 Å². The first kappa shape index (κ1) is 19.3. The first-order chi connectivity index (χ1) is 11.8. The highest BCUT2D eigenvalue weighted by Crippen LogP contribution is 2.19. The molecule has 0 saturated carbocycles. The van der Waals surface area contributed by atoms with E-state index < -0.39 is 21.7 Å². The fourth-order valence-electron chi connectivity index (χ4n) is 1.95. The van der Waals surface area contributed by atoms with Gasteiger partial charge in [0.05, 0.1) is 9.92 Å². The second kappa shape index (κ2) is 8.37. The largest absolute Gasteiger partial charge is 0.326 e. The molecule has 2 N–H and O–H groups in total. The molecule has 0 aliphatic rings.